The standard InChI is InChI=1S/C17H25N3O3/c1-12-11-13(7-8-14(12)23-5)17(2)15(21)20(16(22)18-17)10-6-9-19(3)4/h7-8,11H,6,9-10H2,1-5H3,(H,18,22). The topological polar surface area (TPSA) is 61.9 Å². The molecule has 6 nitrogen and oxygen atoms in total. The van der Waals surface area contributed by atoms with Gasteiger partial charge in [-0.1, -0.05) is 6.07 Å². The van der Waals surface area contributed by atoms with Gasteiger partial charge in [0.15, 0.2) is 0 Å². The van der Waals surface area contributed by atoms with E-state index in [0.29, 0.717) is 6.54 Å². The molecule has 1 unspecified atom stereocenters. The first-order chi connectivity index (χ1) is 10.8. The molecule has 0 spiro atoms. The quantitative estimate of drug-likeness (QED) is 0.811. The molecule has 3 amide bonds. The summed E-state index contributed by atoms with van der Waals surface area (Å²) in [5.74, 6) is 0.558. The molecule has 6 heteroatoms. The van der Waals surface area contributed by atoms with Crippen LogP contribution in [0.4, 0.5) is 4.79 Å². The average Bonchev–Trinajstić information content (AvgIpc) is 2.71. The van der Waals surface area contributed by atoms with Crippen molar-refractivity contribution in [3.05, 3.63) is 29.3 Å². The number of nitrogens with zero attached hydrogens (tertiary/aromatic N) is 2. The molecule has 0 saturated carbocycles. The van der Waals surface area contributed by atoms with Gasteiger partial charge in [-0.3, -0.25) is 9.69 Å². The van der Waals surface area contributed by atoms with Crippen molar-refractivity contribution in [1.82, 2.24) is 15.1 Å². The first kappa shape index (κ1) is 17.3. The summed E-state index contributed by atoms with van der Waals surface area (Å²) >= 11 is 0. The van der Waals surface area contributed by atoms with Crippen LogP contribution in [0.25, 0.3) is 0 Å². The Labute approximate surface area is 137 Å². The number of ether oxygens (including phenoxy) is 1. The van der Waals surface area contributed by atoms with Crippen molar-refractivity contribution in [1.29, 1.82) is 0 Å². The Balaban J connectivity index is 2.20. The first-order valence-electron chi connectivity index (χ1n) is 7.73. The van der Waals surface area contributed by atoms with Gasteiger partial charge in [0.2, 0.25) is 0 Å². The Morgan fingerprint density at radius 1 is 1.30 bits per heavy atom. The van der Waals surface area contributed by atoms with Crippen LogP contribution in [0.5, 0.6) is 5.75 Å². The van der Waals surface area contributed by atoms with E-state index < -0.39 is 5.54 Å². The molecule has 1 saturated heterocycles. The van der Waals surface area contributed by atoms with E-state index in [0.717, 1.165) is 29.8 Å². The molecular formula is C17H25N3O3. The summed E-state index contributed by atoms with van der Waals surface area (Å²) in [7, 11) is 5.55. The second-order valence-corrected chi connectivity index (χ2v) is 6.35. The highest BCUT2D eigenvalue weighted by atomic mass is 16.5. The fraction of sp³-hybridized carbons (Fsp3) is 0.529. The number of amides is 3. The molecule has 0 radical (unpaired) electrons. The predicted octanol–water partition coefficient (Wildman–Crippen LogP) is 1.72. The number of nitrogens with one attached hydrogen (secondary N) is 1. The van der Waals surface area contributed by atoms with Crippen LogP contribution in [0, 0.1) is 6.92 Å². The van der Waals surface area contributed by atoms with Crippen LogP contribution in [0.1, 0.15) is 24.5 Å². The number of carbonyl (C=O) groups excluding carboxylic acids is 2. The highest BCUT2D eigenvalue weighted by molar-refractivity contribution is 6.07. The summed E-state index contributed by atoms with van der Waals surface area (Å²) in [5, 5.41) is 2.83. The zero-order valence-corrected chi connectivity index (χ0v) is 14.5. The van der Waals surface area contributed by atoms with Crippen LogP contribution < -0.4 is 10.1 Å². The number of urea groups is 1. The summed E-state index contributed by atoms with van der Waals surface area (Å²) in [4.78, 5) is 28.3. The van der Waals surface area contributed by atoms with E-state index in [1.54, 1.807) is 14.0 Å². The number of carbonyl (C=O) groups is 2. The maximum absolute atomic E-state index is 12.8. The molecule has 1 fully saturated rings. The van der Waals surface area contributed by atoms with Gasteiger partial charge in [-0.25, -0.2) is 4.79 Å². The van der Waals surface area contributed by atoms with Crippen LogP contribution in [-0.4, -0.2) is 56.0 Å². The number of hydrogen-bond donors (Lipinski definition) is 1. The monoisotopic (exact) mass is 319 g/mol. The van der Waals surface area contributed by atoms with Gasteiger partial charge in [0.1, 0.15) is 11.3 Å². The molecule has 1 N–H and O–H groups in total. The van der Waals surface area contributed by atoms with Gasteiger partial charge in [0.25, 0.3) is 5.91 Å². The lowest BCUT2D eigenvalue weighted by Gasteiger charge is -2.23. The molecule has 0 aliphatic carbocycles. The van der Waals surface area contributed by atoms with Crippen LogP contribution in [0.3, 0.4) is 0 Å². The fourth-order valence-electron chi connectivity index (χ4n) is 2.83. The summed E-state index contributed by atoms with van der Waals surface area (Å²) in [6.07, 6.45) is 0.754. The van der Waals surface area contributed by atoms with E-state index in [1.165, 1.54) is 4.90 Å². The summed E-state index contributed by atoms with van der Waals surface area (Å²) < 4.78 is 5.25. The minimum absolute atomic E-state index is 0.203. The third kappa shape index (κ3) is 3.32. The first-order valence-corrected chi connectivity index (χ1v) is 7.73. The minimum atomic E-state index is -1.02. The van der Waals surface area contributed by atoms with Crippen molar-refractivity contribution in [3.8, 4) is 5.75 Å². The Morgan fingerprint density at radius 2 is 2.00 bits per heavy atom. The van der Waals surface area contributed by atoms with Gasteiger partial charge in [-0.05, 0) is 64.2 Å². The SMILES string of the molecule is COc1ccc(C2(C)NC(=O)N(CCCN(C)C)C2=O)cc1C. The van der Waals surface area contributed by atoms with Crippen molar-refractivity contribution in [2.24, 2.45) is 0 Å². The molecular weight excluding hydrogens is 294 g/mol. The van der Waals surface area contributed by atoms with Crippen LogP contribution >= 0.6 is 0 Å². The number of hydrogen-bond acceptors (Lipinski definition) is 4. The van der Waals surface area contributed by atoms with E-state index >= 15 is 0 Å². The maximum atomic E-state index is 12.8. The van der Waals surface area contributed by atoms with Crippen LogP contribution in [0.2, 0.25) is 0 Å². The van der Waals surface area contributed by atoms with Crippen molar-refractivity contribution in [2.75, 3.05) is 34.3 Å². The van der Waals surface area contributed by atoms with Crippen molar-refractivity contribution in [3.63, 3.8) is 0 Å². The highest BCUT2D eigenvalue weighted by Crippen LogP contribution is 2.31. The largest absolute Gasteiger partial charge is 0.496 e. The lowest BCUT2D eigenvalue weighted by Crippen LogP contribution is -2.41. The van der Waals surface area contributed by atoms with E-state index in [2.05, 4.69) is 5.32 Å². The summed E-state index contributed by atoms with van der Waals surface area (Å²) in [5.41, 5.74) is 0.676. The van der Waals surface area contributed by atoms with E-state index in [9.17, 15) is 9.59 Å². The Bertz CT molecular complexity index is 615. The van der Waals surface area contributed by atoms with Crippen molar-refractivity contribution in [2.45, 2.75) is 25.8 Å². The molecule has 0 bridgehead atoms. The number of rotatable bonds is 6. The number of methoxy groups -OCH3 is 1. The molecule has 1 aromatic carbocycles. The van der Waals surface area contributed by atoms with Crippen LogP contribution in [-0.2, 0) is 10.3 Å². The molecule has 23 heavy (non-hydrogen) atoms. The number of aryl methyl sites for hydroxylation is 1. The second-order valence-electron chi connectivity index (χ2n) is 6.35. The fourth-order valence-corrected chi connectivity index (χ4v) is 2.83. The third-order valence-electron chi connectivity index (χ3n) is 4.23. The second kappa shape index (κ2) is 6.58. The smallest absolute Gasteiger partial charge is 0.325 e. The zero-order valence-electron chi connectivity index (χ0n) is 14.5. The van der Waals surface area contributed by atoms with E-state index in [4.69, 9.17) is 4.74 Å². The average molecular weight is 319 g/mol. The van der Waals surface area contributed by atoms with Gasteiger partial charge in [0.05, 0.1) is 7.11 Å². The lowest BCUT2D eigenvalue weighted by atomic mass is 9.90. The summed E-state index contributed by atoms with van der Waals surface area (Å²) in [6.45, 7) is 4.92. The van der Waals surface area contributed by atoms with Gasteiger partial charge in [0, 0.05) is 6.54 Å². The molecule has 2 rings (SSSR count). The molecule has 0 aromatic heterocycles. The Kier molecular flexibility index (Phi) is 4.94. The molecule has 126 valence electrons. The minimum Gasteiger partial charge on any atom is -0.496 e. The predicted molar refractivity (Wildman–Crippen MR) is 88.5 cm³/mol. The number of benzene rings is 1. The molecule has 1 atom stereocenters. The van der Waals surface area contributed by atoms with Gasteiger partial charge < -0.3 is 15.0 Å². The number of imide groups is 1. The Morgan fingerprint density at radius 3 is 2.57 bits per heavy atom. The van der Waals surface area contributed by atoms with Gasteiger partial charge in [-0.2, -0.15) is 0 Å². The third-order valence-corrected chi connectivity index (χ3v) is 4.23. The van der Waals surface area contributed by atoms with Crippen molar-refractivity contribution < 1.29 is 14.3 Å². The molecule has 1 aromatic rings. The van der Waals surface area contributed by atoms with Gasteiger partial charge in [-0.15, -0.1) is 0 Å². The zero-order chi connectivity index (χ0) is 17.2. The van der Waals surface area contributed by atoms with E-state index in [-0.39, 0.29) is 11.9 Å². The normalized spacial score (nSPS) is 21.0. The van der Waals surface area contributed by atoms with Gasteiger partial charge >= 0.3 is 6.03 Å². The van der Waals surface area contributed by atoms with E-state index in [1.807, 2.05) is 44.1 Å². The van der Waals surface area contributed by atoms with Crippen molar-refractivity contribution >= 4 is 11.9 Å². The maximum Gasteiger partial charge on any atom is 0.325 e. The summed E-state index contributed by atoms with van der Waals surface area (Å²) in [6, 6.07) is 5.21. The molecule has 1 heterocycles. The lowest BCUT2D eigenvalue weighted by molar-refractivity contribution is -0.131. The molecule has 1 aliphatic heterocycles. The highest BCUT2D eigenvalue weighted by Gasteiger charge is 2.48. The van der Waals surface area contributed by atoms with Crippen LogP contribution in [0.15, 0.2) is 18.2 Å². The Hall–Kier alpha value is -2.08. The molecule has 1 aliphatic rings.